The maximum atomic E-state index is 4.20. The van der Waals surface area contributed by atoms with Gasteiger partial charge >= 0.3 is 0 Å². The number of rotatable bonds is 7. The van der Waals surface area contributed by atoms with Crippen LogP contribution in [0, 0.1) is 5.41 Å². The van der Waals surface area contributed by atoms with Crippen molar-refractivity contribution in [3.8, 4) is 0 Å². The first kappa shape index (κ1) is 12.7. The van der Waals surface area contributed by atoms with E-state index in [-0.39, 0.29) is 0 Å². The van der Waals surface area contributed by atoms with Crippen molar-refractivity contribution in [2.24, 2.45) is 5.41 Å². The van der Waals surface area contributed by atoms with Gasteiger partial charge in [0.15, 0.2) is 0 Å². The van der Waals surface area contributed by atoms with Gasteiger partial charge in [0.25, 0.3) is 0 Å². The largest absolute Gasteiger partial charge is 0.252 e. The number of hydrogen-bond donors (Lipinski definition) is 0. The minimum Gasteiger partial charge on any atom is -0.252 e. The number of alkyl halides is 1. The summed E-state index contributed by atoms with van der Waals surface area (Å²) in [5.74, 6) is 0. The molecule has 1 aromatic heterocycles. The molecule has 0 aromatic carbocycles. The van der Waals surface area contributed by atoms with Crippen LogP contribution in [0.5, 0.6) is 0 Å². The fourth-order valence-electron chi connectivity index (χ4n) is 2.18. The summed E-state index contributed by atoms with van der Waals surface area (Å²) in [5.41, 5.74) is 0.344. The van der Waals surface area contributed by atoms with E-state index in [1.807, 2.05) is 11.0 Å². The molecule has 0 bridgehead atoms. The van der Waals surface area contributed by atoms with Crippen molar-refractivity contribution >= 4 is 15.9 Å². The van der Waals surface area contributed by atoms with Crippen LogP contribution < -0.4 is 0 Å². The molecule has 15 heavy (non-hydrogen) atoms. The zero-order chi connectivity index (χ0) is 11.1. The predicted molar refractivity (Wildman–Crippen MR) is 66.1 cm³/mol. The highest BCUT2D eigenvalue weighted by molar-refractivity contribution is 9.09. The Kier molecular flexibility index (Phi) is 5.29. The van der Waals surface area contributed by atoms with Gasteiger partial charge in [-0.15, -0.1) is 0 Å². The minimum atomic E-state index is 0.344. The standard InChI is InChI=1S/C11H20BrN3/c1-3-5-11(7-12,6-4-2)8-15-10-13-9-14-15/h9-10H,3-8H2,1-2H3. The van der Waals surface area contributed by atoms with Crippen LogP contribution in [0.2, 0.25) is 0 Å². The van der Waals surface area contributed by atoms with Gasteiger partial charge in [0.1, 0.15) is 12.7 Å². The van der Waals surface area contributed by atoms with E-state index < -0.39 is 0 Å². The molecule has 0 aliphatic carbocycles. The van der Waals surface area contributed by atoms with Gasteiger partial charge in [-0.2, -0.15) is 5.10 Å². The van der Waals surface area contributed by atoms with Crippen molar-refractivity contribution in [1.82, 2.24) is 14.8 Å². The SMILES string of the molecule is CCCC(CBr)(CCC)Cn1cncn1. The average Bonchev–Trinajstić information content (AvgIpc) is 2.71. The van der Waals surface area contributed by atoms with Crippen molar-refractivity contribution in [2.45, 2.75) is 46.1 Å². The van der Waals surface area contributed by atoms with Gasteiger partial charge in [0.05, 0.1) is 0 Å². The highest BCUT2D eigenvalue weighted by atomic mass is 79.9. The second-order valence-electron chi connectivity index (χ2n) is 4.23. The van der Waals surface area contributed by atoms with Crippen molar-refractivity contribution < 1.29 is 0 Å². The van der Waals surface area contributed by atoms with Gasteiger partial charge in [-0.05, 0) is 18.3 Å². The number of aromatic nitrogens is 3. The summed E-state index contributed by atoms with van der Waals surface area (Å²) in [7, 11) is 0. The van der Waals surface area contributed by atoms with E-state index in [1.54, 1.807) is 6.33 Å². The molecule has 0 fully saturated rings. The highest BCUT2D eigenvalue weighted by Crippen LogP contribution is 2.33. The summed E-state index contributed by atoms with van der Waals surface area (Å²) in [4.78, 5) is 4.00. The zero-order valence-corrected chi connectivity index (χ0v) is 11.2. The Morgan fingerprint density at radius 1 is 1.27 bits per heavy atom. The minimum absolute atomic E-state index is 0.344. The lowest BCUT2D eigenvalue weighted by Crippen LogP contribution is -2.29. The van der Waals surface area contributed by atoms with E-state index >= 15 is 0 Å². The molecule has 0 N–H and O–H groups in total. The van der Waals surface area contributed by atoms with Crippen molar-refractivity contribution in [1.29, 1.82) is 0 Å². The quantitative estimate of drug-likeness (QED) is 0.714. The van der Waals surface area contributed by atoms with Crippen LogP contribution >= 0.6 is 15.9 Å². The molecule has 0 saturated heterocycles. The third kappa shape index (κ3) is 3.59. The molecule has 0 amide bonds. The smallest absolute Gasteiger partial charge is 0.137 e. The molecule has 0 unspecified atom stereocenters. The van der Waals surface area contributed by atoms with Crippen molar-refractivity contribution in [3.05, 3.63) is 12.7 Å². The third-order valence-electron chi connectivity index (χ3n) is 2.81. The highest BCUT2D eigenvalue weighted by Gasteiger charge is 2.27. The Hall–Kier alpha value is -0.380. The van der Waals surface area contributed by atoms with Crippen LogP contribution in [0.15, 0.2) is 12.7 Å². The van der Waals surface area contributed by atoms with Crippen LogP contribution in [-0.2, 0) is 6.54 Å². The van der Waals surface area contributed by atoms with Crippen LogP contribution in [0.4, 0.5) is 0 Å². The van der Waals surface area contributed by atoms with Gasteiger partial charge in [-0.3, -0.25) is 4.68 Å². The van der Waals surface area contributed by atoms with Crippen molar-refractivity contribution in [3.63, 3.8) is 0 Å². The molecule has 3 nitrogen and oxygen atoms in total. The molecule has 0 radical (unpaired) electrons. The van der Waals surface area contributed by atoms with Gasteiger partial charge < -0.3 is 0 Å². The summed E-state index contributed by atoms with van der Waals surface area (Å²) in [5, 5.41) is 5.24. The first-order chi connectivity index (χ1) is 7.26. The number of hydrogen-bond acceptors (Lipinski definition) is 2. The fourth-order valence-corrected chi connectivity index (χ4v) is 2.92. The molecule has 0 aliphatic heterocycles. The Labute approximate surface area is 100 Å². The van der Waals surface area contributed by atoms with Crippen LogP contribution in [0.1, 0.15) is 39.5 Å². The first-order valence-electron chi connectivity index (χ1n) is 5.64. The third-order valence-corrected chi connectivity index (χ3v) is 4.00. The molecule has 1 rings (SSSR count). The van der Waals surface area contributed by atoms with E-state index in [4.69, 9.17) is 0 Å². The van der Waals surface area contributed by atoms with Gasteiger partial charge in [-0.1, -0.05) is 42.6 Å². The summed E-state index contributed by atoms with van der Waals surface area (Å²) in [6, 6.07) is 0. The van der Waals surface area contributed by atoms with Gasteiger partial charge in [0.2, 0.25) is 0 Å². The van der Waals surface area contributed by atoms with E-state index in [9.17, 15) is 0 Å². The lowest BCUT2D eigenvalue weighted by molar-refractivity contribution is 0.223. The van der Waals surface area contributed by atoms with Crippen LogP contribution in [0.3, 0.4) is 0 Å². The zero-order valence-electron chi connectivity index (χ0n) is 9.62. The number of halogens is 1. The summed E-state index contributed by atoms with van der Waals surface area (Å²) in [6.07, 6.45) is 8.35. The summed E-state index contributed by atoms with van der Waals surface area (Å²) < 4.78 is 1.95. The first-order valence-corrected chi connectivity index (χ1v) is 6.77. The van der Waals surface area contributed by atoms with E-state index in [0.29, 0.717) is 5.41 Å². The van der Waals surface area contributed by atoms with Gasteiger partial charge in [0, 0.05) is 11.9 Å². The van der Waals surface area contributed by atoms with Gasteiger partial charge in [-0.25, -0.2) is 4.98 Å². The van der Waals surface area contributed by atoms with E-state index in [0.717, 1.165) is 11.9 Å². The maximum Gasteiger partial charge on any atom is 0.137 e. The Morgan fingerprint density at radius 3 is 2.33 bits per heavy atom. The second kappa shape index (κ2) is 6.26. The molecule has 1 aromatic rings. The molecule has 4 heteroatoms. The molecular formula is C11H20BrN3. The van der Waals surface area contributed by atoms with Crippen molar-refractivity contribution in [2.75, 3.05) is 5.33 Å². The summed E-state index contributed by atoms with van der Waals surface area (Å²) >= 11 is 3.66. The van der Waals surface area contributed by atoms with Crippen LogP contribution in [0.25, 0.3) is 0 Å². The molecule has 1 heterocycles. The topological polar surface area (TPSA) is 30.7 Å². The van der Waals surface area contributed by atoms with E-state index in [2.05, 4.69) is 39.9 Å². The lowest BCUT2D eigenvalue weighted by Gasteiger charge is -2.31. The molecule has 0 atom stereocenters. The number of nitrogens with zero attached hydrogens (tertiary/aromatic N) is 3. The normalized spacial score (nSPS) is 11.9. The van der Waals surface area contributed by atoms with E-state index in [1.165, 1.54) is 25.7 Å². The predicted octanol–water partition coefficient (Wildman–Crippen LogP) is 3.26. The average molecular weight is 274 g/mol. The monoisotopic (exact) mass is 273 g/mol. The molecule has 0 saturated carbocycles. The van der Waals surface area contributed by atoms with Crippen LogP contribution in [-0.4, -0.2) is 20.1 Å². The Bertz CT molecular complexity index is 253. The molecular weight excluding hydrogens is 254 g/mol. The summed E-state index contributed by atoms with van der Waals surface area (Å²) in [6.45, 7) is 5.46. The Morgan fingerprint density at radius 2 is 1.93 bits per heavy atom. The second-order valence-corrected chi connectivity index (χ2v) is 4.79. The molecule has 0 aliphatic rings. The Balaban J connectivity index is 2.69. The fraction of sp³-hybridized carbons (Fsp3) is 0.818. The lowest BCUT2D eigenvalue weighted by atomic mass is 9.81. The molecule has 0 spiro atoms. The molecule has 86 valence electrons. The maximum absolute atomic E-state index is 4.20.